The number of thioether (sulfide) groups is 1. The van der Waals surface area contributed by atoms with Crippen LogP contribution in [0.1, 0.15) is 31.7 Å². The molecule has 1 unspecified atom stereocenters. The number of carbonyl (C=O) groups excluding carboxylic acids is 2. The zero-order valence-corrected chi connectivity index (χ0v) is 18.4. The van der Waals surface area contributed by atoms with Crippen LogP contribution in [0.4, 0.5) is 11.4 Å². The van der Waals surface area contributed by atoms with E-state index in [1.807, 2.05) is 31.2 Å². The van der Waals surface area contributed by atoms with Crippen LogP contribution in [0.5, 0.6) is 0 Å². The van der Waals surface area contributed by atoms with Gasteiger partial charge in [0.05, 0.1) is 21.6 Å². The number of benzene rings is 2. The number of nitrogens with one attached hydrogen (secondary N) is 1. The minimum Gasteiger partial charge on any atom is -0.324 e. The van der Waals surface area contributed by atoms with Crippen molar-refractivity contribution in [3.05, 3.63) is 48.0 Å². The minimum absolute atomic E-state index is 0.0766. The number of nitrogens with zero attached hydrogens (tertiary/aromatic N) is 1. The van der Waals surface area contributed by atoms with Crippen LogP contribution in [-0.4, -0.2) is 37.8 Å². The Kier molecular flexibility index (Phi) is 5.88. The molecular weight excluding hydrogens is 420 g/mol. The third kappa shape index (κ3) is 4.11. The molecule has 2 aromatic rings. The van der Waals surface area contributed by atoms with Crippen molar-refractivity contribution >= 4 is 44.8 Å². The van der Waals surface area contributed by atoms with Crippen LogP contribution < -0.4 is 10.2 Å². The third-order valence-electron chi connectivity index (χ3n) is 5.50. The molecule has 6 nitrogen and oxygen atoms in total. The van der Waals surface area contributed by atoms with Gasteiger partial charge >= 0.3 is 0 Å². The van der Waals surface area contributed by atoms with Crippen molar-refractivity contribution in [3.8, 4) is 0 Å². The zero-order valence-electron chi connectivity index (χ0n) is 16.8. The lowest BCUT2D eigenvalue weighted by Gasteiger charge is -2.29. The fourth-order valence-electron chi connectivity index (χ4n) is 3.86. The predicted molar refractivity (Wildman–Crippen MR) is 119 cm³/mol. The van der Waals surface area contributed by atoms with E-state index in [0.717, 1.165) is 29.0 Å². The van der Waals surface area contributed by atoms with Gasteiger partial charge in [0.1, 0.15) is 0 Å². The molecule has 1 N–H and O–H groups in total. The van der Waals surface area contributed by atoms with E-state index in [4.69, 9.17) is 0 Å². The average molecular weight is 445 g/mol. The Morgan fingerprint density at radius 3 is 2.83 bits per heavy atom. The summed E-state index contributed by atoms with van der Waals surface area (Å²) in [4.78, 5) is 27.6. The van der Waals surface area contributed by atoms with E-state index in [9.17, 15) is 18.0 Å². The first-order valence-corrected chi connectivity index (χ1v) is 12.6. The van der Waals surface area contributed by atoms with Gasteiger partial charge in [-0.2, -0.15) is 0 Å². The van der Waals surface area contributed by atoms with Crippen molar-refractivity contribution in [2.24, 2.45) is 0 Å². The van der Waals surface area contributed by atoms with Crippen molar-refractivity contribution < 1.29 is 18.0 Å². The van der Waals surface area contributed by atoms with E-state index in [1.165, 1.54) is 17.8 Å². The highest BCUT2D eigenvalue weighted by atomic mass is 32.2. The van der Waals surface area contributed by atoms with Gasteiger partial charge in [0.15, 0.2) is 9.84 Å². The number of rotatable bonds is 5. The summed E-state index contributed by atoms with van der Waals surface area (Å²) in [5.74, 6) is -0.552. The quantitative estimate of drug-likeness (QED) is 0.761. The standard InChI is InChI=1S/C22H24N2O4S2/c1-2-19-22(26)23-17-14-16(9-10-20(17)29-19)30(27,28)13-11-21(25)24-12-5-7-15-6-3-4-8-18(15)24/h3-4,6,8-10,14,19H,2,5,7,11-13H2,1H3,(H,23,26). The van der Waals surface area contributed by atoms with Crippen LogP contribution in [-0.2, 0) is 25.8 Å². The Morgan fingerprint density at radius 1 is 1.23 bits per heavy atom. The second kappa shape index (κ2) is 8.43. The van der Waals surface area contributed by atoms with E-state index in [1.54, 1.807) is 17.0 Å². The molecule has 0 saturated heterocycles. The van der Waals surface area contributed by atoms with Gasteiger partial charge in [-0.3, -0.25) is 9.59 Å². The second-order valence-corrected chi connectivity index (χ2v) is 10.9. The molecule has 158 valence electrons. The highest BCUT2D eigenvalue weighted by molar-refractivity contribution is 8.01. The molecule has 0 spiro atoms. The first-order chi connectivity index (χ1) is 14.4. The lowest BCUT2D eigenvalue weighted by molar-refractivity contribution is -0.118. The first kappa shape index (κ1) is 20.9. The molecule has 0 fully saturated rings. The second-order valence-electron chi connectivity index (χ2n) is 7.51. The van der Waals surface area contributed by atoms with E-state index >= 15 is 0 Å². The van der Waals surface area contributed by atoms with Gasteiger partial charge < -0.3 is 10.2 Å². The molecule has 0 aromatic heterocycles. The molecule has 1 atom stereocenters. The van der Waals surface area contributed by atoms with Crippen LogP contribution in [0.25, 0.3) is 0 Å². The van der Waals surface area contributed by atoms with Crippen LogP contribution >= 0.6 is 11.8 Å². The molecule has 2 aliphatic heterocycles. The van der Waals surface area contributed by atoms with Crippen LogP contribution in [0, 0.1) is 0 Å². The van der Waals surface area contributed by atoms with Gasteiger partial charge in [-0.15, -0.1) is 11.8 Å². The number of aryl methyl sites for hydroxylation is 1. The topological polar surface area (TPSA) is 83.6 Å². The maximum absolute atomic E-state index is 12.9. The molecule has 30 heavy (non-hydrogen) atoms. The van der Waals surface area contributed by atoms with E-state index in [2.05, 4.69) is 5.32 Å². The smallest absolute Gasteiger partial charge is 0.237 e. The molecule has 0 aliphatic carbocycles. The zero-order chi connectivity index (χ0) is 21.3. The normalized spacial score (nSPS) is 18.4. The molecule has 2 aromatic carbocycles. The van der Waals surface area contributed by atoms with Crippen molar-refractivity contribution in [3.63, 3.8) is 0 Å². The summed E-state index contributed by atoms with van der Waals surface area (Å²) < 4.78 is 25.7. The number of amides is 2. The summed E-state index contributed by atoms with van der Waals surface area (Å²) in [6.45, 7) is 2.55. The van der Waals surface area contributed by atoms with Gasteiger partial charge in [0.2, 0.25) is 11.8 Å². The summed E-state index contributed by atoms with van der Waals surface area (Å²) in [6, 6.07) is 12.6. The highest BCUT2D eigenvalue weighted by Crippen LogP contribution is 2.38. The van der Waals surface area contributed by atoms with Gasteiger partial charge in [0, 0.05) is 23.5 Å². The van der Waals surface area contributed by atoms with E-state index < -0.39 is 9.84 Å². The fraction of sp³-hybridized carbons (Fsp3) is 0.364. The number of anilines is 2. The molecule has 4 rings (SSSR count). The number of sulfone groups is 1. The number of para-hydroxylation sites is 1. The fourth-order valence-corrected chi connectivity index (χ4v) is 6.13. The number of hydrogen-bond donors (Lipinski definition) is 1. The molecule has 2 aliphatic rings. The summed E-state index contributed by atoms with van der Waals surface area (Å²) in [5, 5.41) is 2.64. The summed E-state index contributed by atoms with van der Waals surface area (Å²) >= 11 is 1.45. The lowest BCUT2D eigenvalue weighted by atomic mass is 10.0. The first-order valence-electron chi connectivity index (χ1n) is 10.1. The summed E-state index contributed by atoms with van der Waals surface area (Å²) in [7, 11) is -3.65. The molecule has 0 bridgehead atoms. The van der Waals surface area contributed by atoms with Crippen LogP contribution in [0.2, 0.25) is 0 Å². The van der Waals surface area contributed by atoms with Gasteiger partial charge in [-0.1, -0.05) is 25.1 Å². The Balaban J connectivity index is 1.47. The van der Waals surface area contributed by atoms with Crippen molar-refractivity contribution in [2.75, 3.05) is 22.5 Å². The molecule has 2 heterocycles. The number of fused-ring (bicyclic) bond motifs is 2. The maximum atomic E-state index is 12.9. The van der Waals surface area contributed by atoms with Crippen LogP contribution in [0.15, 0.2) is 52.3 Å². The Labute approximate surface area is 181 Å². The summed E-state index contributed by atoms with van der Waals surface area (Å²) in [6.07, 6.45) is 2.43. The largest absolute Gasteiger partial charge is 0.324 e. The molecule has 8 heteroatoms. The van der Waals surface area contributed by atoms with Gasteiger partial charge in [0.25, 0.3) is 0 Å². The van der Waals surface area contributed by atoms with E-state index in [0.29, 0.717) is 18.7 Å². The molecule has 0 saturated carbocycles. The molecule has 0 radical (unpaired) electrons. The third-order valence-corrected chi connectivity index (χ3v) is 8.65. The maximum Gasteiger partial charge on any atom is 0.237 e. The Bertz CT molecular complexity index is 1100. The van der Waals surface area contributed by atoms with Crippen molar-refractivity contribution in [1.82, 2.24) is 0 Å². The average Bonchev–Trinajstić information content (AvgIpc) is 2.76. The van der Waals surface area contributed by atoms with Crippen molar-refractivity contribution in [2.45, 2.75) is 47.6 Å². The van der Waals surface area contributed by atoms with Gasteiger partial charge in [-0.05, 0) is 49.1 Å². The molecule has 2 amide bonds. The van der Waals surface area contributed by atoms with E-state index in [-0.39, 0.29) is 34.1 Å². The minimum atomic E-state index is -3.65. The van der Waals surface area contributed by atoms with Crippen molar-refractivity contribution in [1.29, 1.82) is 0 Å². The number of hydrogen-bond acceptors (Lipinski definition) is 5. The monoisotopic (exact) mass is 444 g/mol. The molecular formula is C22H24N2O4S2. The van der Waals surface area contributed by atoms with Gasteiger partial charge in [-0.25, -0.2) is 8.42 Å². The number of carbonyl (C=O) groups is 2. The highest BCUT2D eigenvalue weighted by Gasteiger charge is 2.28. The predicted octanol–water partition coefficient (Wildman–Crippen LogP) is 3.65. The Morgan fingerprint density at radius 2 is 2.03 bits per heavy atom. The SMILES string of the molecule is CCC1Sc2ccc(S(=O)(=O)CCC(=O)N3CCCc4ccccc43)cc2NC1=O. The van der Waals surface area contributed by atoms with Crippen LogP contribution in [0.3, 0.4) is 0 Å². The Hall–Kier alpha value is -2.32. The lowest BCUT2D eigenvalue weighted by Crippen LogP contribution is -2.36. The summed E-state index contributed by atoms with van der Waals surface area (Å²) in [5.41, 5.74) is 2.52.